The van der Waals surface area contributed by atoms with E-state index in [1.54, 1.807) is 64.3 Å². The van der Waals surface area contributed by atoms with Crippen LogP contribution in [0.3, 0.4) is 0 Å². The number of ether oxygens (including phenoxy) is 1. The molecule has 2 N–H and O–H groups in total. The minimum absolute atomic E-state index is 0.0488. The molecule has 4 aromatic rings. The summed E-state index contributed by atoms with van der Waals surface area (Å²) < 4.78 is 39.7. The van der Waals surface area contributed by atoms with E-state index in [-0.39, 0.29) is 16.3 Å². The number of methoxy groups -OCH3 is 1. The number of hydrogen-bond acceptors (Lipinski definition) is 7. The zero-order valence-corrected chi connectivity index (χ0v) is 22.1. The molecule has 2 aromatic heterocycles. The van der Waals surface area contributed by atoms with E-state index in [1.165, 1.54) is 16.8 Å². The highest BCUT2D eigenvalue weighted by Crippen LogP contribution is 2.24. The van der Waals surface area contributed by atoms with Crippen LogP contribution in [0.15, 0.2) is 67.7 Å². The van der Waals surface area contributed by atoms with Gasteiger partial charge in [-0.3, -0.25) is 14.9 Å². The largest absolute Gasteiger partial charge is 0.497 e. The molecule has 0 amide bonds. The number of rotatable bonds is 9. The number of aromatic nitrogens is 3. The van der Waals surface area contributed by atoms with E-state index >= 15 is 0 Å². The molecule has 0 spiro atoms. The number of H-pyrrole nitrogens is 1. The summed E-state index contributed by atoms with van der Waals surface area (Å²) in [6.07, 6.45) is 1.51. The van der Waals surface area contributed by atoms with Gasteiger partial charge in [-0.05, 0) is 75.7 Å². The molecule has 0 saturated heterocycles. The van der Waals surface area contributed by atoms with Gasteiger partial charge in [-0.25, -0.2) is 17.8 Å². The van der Waals surface area contributed by atoms with Gasteiger partial charge in [-0.1, -0.05) is 18.5 Å². The zero-order chi connectivity index (χ0) is 26.7. The molecular formula is C26H29N5O5S. The topological polar surface area (TPSA) is 132 Å². The molecule has 2 aromatic carbocycles. The summed E-state index contributed by atoms with van der Waals surface area (Å²) in [6.45, 7) is 7.26. The Hall–Kier alpha value is -4.12. The molecule has 37 heavy (non-hydrogen) atoms. The van der Waals surface area contributed by atoms with Crippen molar-refractivity contribution in [2.45, 2.75) is 45.4 Å². The van der Waals surface area contributed by atoms with E-state index < -0.39 is 10.0 Å². The van der Waals surface area contributed by atoms with E-state index in [2.05, 4.69) is 20.0 Å². The van der Waals surface area contributed by atoms with Crippen molar-refractivity contribution in [3.05, 3.63) is 81.4 Å². The fraction of sp³-hybridized carbons (Fsp3) is 0.269. The average Bonchev–Trinajstić information content (AvgIpc) is 3.37. The van der Waals surface area contributed by atoms with Crippen LogP contribution in [0.1, 0.15) is 42.8 Å². The number of nitrogens with one attached hydrogen (secondary N) is 2. The molecule has 0 saturated carbocycles. The SMILES string of the molecule is CCCc1[nH]n(-c2ccc(OC)cc2)c(=O)c1C(C)=Nc1ccc(S(=O)(=O)Nc2onc(C)c2C)cc1. The Kier molecular flexibility index (Phi) is 7.35. The maximum atomic E-state index is 13.4. The molecule has 0 aliphatic carbocycles. The fourth-order valence-corrected chi connectivity index (χ4v) is 4.89. The van der Waals surface area contributed by atoms with E-state index in [4.69, 9.17) is 9.26 Å². The van der Waals surface area contributed by atoms with Crippen molar-refractivity contribution < 1.29 is 17.7 Å². The first-order valence-corrected chi connectivity index (χ1v) is 13.2. The van der Waals surface area contributed by atoms with Gasteiger partial charge in [0.25, 0.3) is 15.6 Å². The highest BCUT2D eigenvalue weighted by molar-refractivity contribution is 7.92. The first-order chi connectivity index (χ1) is 17.6. The van der Waals surface area contributed by atoms with Crippen molar-refractivity contribution in [3.8, 4) is 11.4 Å². The average molecular weight is 524 g/mol. The predicted octanol–water partition coefficient (Wildman–Crippen LogP) is 4.67. The van der Waals surface area contributed by atoms with Gasteiger partial charge in [0.05, 0.1) is 40.3 Å². The molecule has 194 valence electrons. The van der Waals surface area contributed by atoms with Crippen LogP contribution in [0.25, 0.3) is 5.69 Å². The summed E-state index contributed by atoms with van der Waals surface area (Å²) in [5.74, 6) is 0.779. The Morgan fingerprint density at radius 3 is 2.38 bits per heavy atom. The number of aliphatic imine (C=N–C) groups is 1. The quantitative estimate of drug-likeness (QED) is 0.306. The van der Waals surface area contributed by atoms with Gasteiger partial charge < -0.3 is 9.26 Å². The van der Waals surface area contributed by atoms with Gasteiger partial charge in [0.2, 0.25) is 5.88 Å². The molecular weight excluding hydrogens is 494 g/mol. The van der Waals surface area contributed by atoms with Crippen molar-refractivity contribution in [1.82, 2.24) is 14.9 Å². The third kappa shape index (κ3) is 5.36. The van der Waals surface area contributed by atoms with Gasteiger partial charge >= 0.3 is 0 Å². The first-order valence-electron chi connectivity index (χ1n) is 11.7. The van der Waals surface area contributed by atoms with E-state index in [0.29, 0.717) is 46.1 Å². The maximum Gasteiger partial charge on any atom is 0.280 e. The lowest BCUT2D eigenvalue weighted by molar-refractivity contribution is 0.414. The van der Waals surface area contributed by atoms with Crippen LogP contribution >= 0.6 is 0 Å². The van der Waals surface area contributed by atoms with E-state index in [9.17, 15) is 13.2 Å². The number of sulfonamides is 1. The van der Waals surface area contributed by atoms with E-state index in [0.717, 1.165) is 12.1 Å². The van der Waals surface area contributed by atoms with Crippen molar-refractivity contribution in [3.63, 3.8) is 0 Å². The molecule has 0 radical (unpaired) electrons. The van der Waals surface area contributed by atoms with Crippen LogP contribution in [0, 0.1) is 13.8 Å². The number of aryl methyl sites for hydroxylation is 2. The maximum absolute atomic E-state index is 13.4. The number of aromatic amines is 1. The Morgan fingerprint density at radius 2 is 1.81 bits per heavy atom. The van der Waals surface area contributed by atoms with Gasteiger partial charge in [0, 0.05) is 11.3 Å². The lowest BCUT2D eigenvalue weighted by atomic mass is 10.1. The molecule has 4 rings (SSSR count). The second-order valence-electron chi connectivity index (χ2n) is 8.57. The summed E-state index contributed by atoms with van der Waals surface area (Å²) in [7, 11) is -2.29. The molecule has 0 aliphatic heterocycles. The Labute approximate surface area is 215 Å². The first kappa shape index (κ1) is 26.0. The predicted molar refractivity (Wildman–Crippen MR) is 142 cm³/mol. The molecule has 10 nitrogen and oxygen atoms in total. The third-order valence-electron chi connectivity index (χ3n) is 5.99. The molecule has 0 aliphatic rings. The minimum Gasteiger partial charge on any atom is -0.497 e. The summed E-state index contributed by atoms with van der Waals surface area (Å²) in [6, 6.07) is 13.3. The number of benzene rings is 2. The van der Waals surface area contributed by atoms with Crippen LogP contribution in [-0.2, 0) is 16.4 Å². The standard InChI is InChI=1S/C26H29N5O5S/c1-6-7-23-24(26(32)31(28-23)20-10-12-21(35-5)13-11-20)18(4)27-19-8-14-22(15-9-19)37(33,34)30-25-16(2)17(3)29-36-25/h8-15,28,30H,6-7H2,1-5H3. The monoisotopic (exact) mass is 523 g/mol. The van der Waals surface area contributed by atoms with Crippen molar-refractivity contribution in [2.75, 3.05) is 11.8 Å². The second kappa shape index (κ2) is 10.5. The summed E-state index contributed by atoms with van der Waals surface area (Å²) in [5.41, 5.74) is 4.02. The Balaban J connectivity index is 1.63. The zero-order valence-electron chi connectivity index (χ0n) is 21.3. The number of nitrogens with zero attached hydrogens (tertiary/aromatic N) is 3. The lowest BCUT2D eigenvalue weighted by Gasteiger charge is -2.06. The van der Waals surface area contributed by atoms with Gasteiger partial charge in [-0.2, -0.15) is 0 Å². The smallest absolute Gasteiger partial charge is 0.280 e. The van der Waals surface area contributed by atoms with E-state index in [1.807, 2.05) is 6.92 Å². The highest BCUT2D eigenvalue weighted by atomic mass is 32.2. The van der Waals surface area contributed by atoms with Crippen molar-refractivity contribution >= 4 is 27.3 Å². The van der Waals surface area contributed by atoms with Crippen LogP contribution in [0.5, 0.6) is 5.75 Å². The lowest BCUT2D eigenvalue weighted by Crippen LogP contribution is -2.19. The highest BCUT2D eigenvalue weighted by Gasteiger charge is 2.20. The van der Waals surface area contributed by atoms with Crippen LogP contribution < -0.4 is 15.0 Å². The normalized spacial score (nSPS) is 12.1. The number of anilines is 1. The summed E-state index contributed by atoms with van der Waals surface area (Å²) >= 11 is 0. The molecule has 0 unspecified atom stereocenters. The van der Waals surface area contributed by atoms with Crippen LogP contribution in [-0.4, -0.2) is 36.2 Å². The molecule has 0 atom stereocenters. The van der Waals surface area contributed by atoms with Crippen molar-refractivity contribution in [2.24, 2.45) is 4.99 Å². The fourth-order valence-electron chi connectivity index (χ4n) is 3.84. The van der Waals surface area contributed by atoms with Crippen molar-refractivity contribution in [1.29, 1.82) is 0 Å². The Morgan fingerprint density at radius 1 is 1.14 bits per heavy atom. The second-order valence-corrected chi connectivity index (χ2v) is 10.3. The molecule has 11 heteroatoms. The minimum atomic E-state index is -3.87. The molecule has 0 fully saturated rings. The number of hydrogen-bond donors (Lipinski definition) is 2. The molecule has 0 bridgehead atoms. The van der Waals surface area contributed by atoms with Gasteiger partial charge in [0.1, 0.15) is 5.75 Å². The summed E-state index contributed by atoms with van der Waals surface area (Å²) in [5, 5.41) is 6.98. The summed E-state index contributed by atoms with van der Waals surface area (Å²) in [4.78, 5) is 18.0. The van der Waals surface area contributed by atoms with Crippen LogP contribution in [0.4, 0.5) is 11.6 Å². The van der Waals surface area contributed by atoms with Crippen LogP contribution in [0.2, 0.25) is 0 Å². The molecule has 2 heterocycles. The van der Waals surface area contributed by atoms with Gasteiger partial charge in [-0.15, -0.1) is 0 Å². The third-order valence-corrected chi connectivity index (χ3v) is 7.33. The van der Waals surface area contributed by atoms with Gasteiger partial charge in [0.15, 0.2) is 0 Å². The Bertz CT molecular complexity index is 1590.